The summed E-state index contributed by atoms with van der Waals surface area (Å²) in [5.41, 5.74) is 8.03. The molecular weight excluding hydrogens is 327 g/mol. The van der Waals surface area contributed by atoms with Gasteiger partial charge in [-0.05, 0) is 48.9 Å². The van der Waals surface area contributed by atoms with Crippen LogP contribution in [0.2, 0.25) is 10.0 Å². The summed E-state index contributed by atoms with van der Waals surface area (Å²) in [7, 11) is 0. The molecule has 2 aromatic rings. The number of thioether (sulfide) groups is 1. The summed E-state index contributed by atoms with van der Waals surface area (Å²) < 4.78 is 0. The van der Waals surface area contributed by atoms with Crippen LogP contribution < -0.4 is 11.1 Å². The van der Waals surface area contributed by atoms with E-state index in [-0.39, 0.29) is 11.7 Å². The zero-order valence-electron chi connectivity index (χ0n) is 11.3. The van der Waals surface area contributed by atoms with Crippen molar-refractivity contribution in [3.05, 3.63) is 52.0 Å². The van der Waals surface area contributed by atoms with Gasteiger partial charge in [0.1, 0.15) is 0 Å². The van der Waals surface area contributed by atoms with Gasteiger partial charge in [-0.25, -0.2) is 0 Å². The van der Waals surface area contributed by atoms with Gasteiger partial charge < -0.3 is 11.1 Å². The van der Waals surface area contributed by atoms with Crippen LogP contribution in [0.5, 0.6) is 0 Å². The largest absolute Gasteiger partial charge is 0.399 e. The number of halogens is 2. The van der Waals surface area contributed by atoms with E-state index < -0.39 is 0 Å². The third-order valence-corrected chi connectivity index (χ3v) is 4.51. The molecule has 2 rings (SSSR count). The van der Waals surface area contributed by atoms with Crippen molar-refractivity contribution in [2.75, 3.05) is 16.8 Å². The molecular formula is C15H14Cl2N2OS. The van der Waals surface area contributed by atoms with E-state index in [9.17, 15) is 4.79 Å². The summed E-state index contributed by atoms with van der Waals surface area (Å²) in [5, 5.41) is 4.03. The van der Waals surface area contributed by atoms with Crippen LogP contribution >= 0.6 is 35.0 Å². The maximum atomic E-state index is 12.0. The highest BCUT2D eigenvalue weighted by Gasteiger charge is 2.08. The third kappa shape index (κ3) is 4.56. The van der Waals surface area contributed by atoms with Crippen molar-refractivity contribution < 1.29 is 4.79 Å². The number of rotatable bonds is 4. The Morgan fingerprint density at radius 1 is 1.24 bits per heavy atom. The lowest BCUT2D eigenvalue weighted by atomic mass is 10.2. The average molecular weight is 341 g/mol. The number of nitrogens with one attached hydrogen (secondary N) is 1. The van der Waals surface area contributed by atoms with Crippen molar-refractivity contribution in [2.45, 2.75) is 11.8 Å². The van der Waals surface area contributed by atoms with E-state index in [2.05, 4.69) is 5.32 Å². The standard InChI is InChI=1S/C15H14Cl2N2OS/c1-9-6-11(18)3-5-13(9)19-15(20)8-21-14-7-10(16)2-4-12(14)17/h2-7H,8,18H2,1H3,(H,19,20). The number of hydrogen-bond donors (Lipinski definition) is 2. The number of carbonyl (C=O) groups excluding carboxylic acids is 1. The Balaban J connectivity index is 1.97. The van der Waals surface area contributed by atoms with E-state index in [0.717, 1.165) is 16.1 Å². The molecule has 0 radical (unpaired) electrons. The number of benzene rings is 2. The summed E-state index contributed by atoms with van der Waals surface area (Å²) in [6.45, 7) is 1.90. The fourth-order valence-corrected chi connectivity index (χ4v) is 3.04. The van der Waals surface area contributed by atoms with Crippen LogP contribution in [0.1, 0.15) is 5.56 Å². The van der Waals surface area contributed by atoms with Gasteiger partial charge in [-0.2, -0.15) is 0 Å². The molecule has 0 saturated heterocycles. The minimum atomic E-state index is -0.107. The number of amides is 1. The zero-order chi connectivity index (χ0) is 15.4. The Kier molecular flexibility index (Phi) is 5.39. The molecule has 0 aliphatic rings. The molecule has 1 amide bonds. The predicted octanol–water partition coefficient (Wildman–Crippen LogP) is 4.61. The smallest absolute Gasteiger partial charge is 0.234 e. The zero-order valence-corrected chi connectivity index (χ0v) is 13.6. The fourth-order valence-electron chi connectivity index (χ4n) is 1.74. The third-order valence-electron chi connectivity index (χ3n) is 2.78. The van der Waals surface area contributed by atoms with Crippen molar-refractivity contribution >= 4 is 52.2 Å². The van der Waals surface area contributed by atoms with Crippen molar-refractivity contribution in [1.29, 1.82) is 0 Å². The summed E-state index contributed by atoms with van der Waals surface area (Å²) in [4.78, 5) is 12.8. The van der Waals surface area contributed by atoms with E-state index in [1.165, 1.54) is 11.8 Å². The normalized spacial score (nSPS) is 10.4. The first-order valence-corrected chi connectivity index (χ1v) is 7.93. The second-order valence-electron chi connectivity index (χ2n) is 4.49. The molecule has 0 aromatic heterocycles. The lowest BCUT2D eigenvalue weighted by molar-refractivity contribution is -0.113. The number of carbonyl (C=O) groups is 1. The quantitative estimate of drug-likeness (QED) is 0.630. The van der Waals surface area contributed by atoms with Gasteiger partial charge in [0.05, 0.1) is 10.8 Å². The van der Waals surface area contributed by atoms with E-state index in [0.29, 0.717) is 15.7 Å². The minimum Gasteiger partial charge on any atom is -0.399 e. The molecule has 110 valence electrons. The molecule has 21 heavy (non-hydrogen) atoms. The van der Waals surface area contributed by atoms with E-state index >= 15 is 0 Å². The Morgan fingerprint density at radius 2 is 2.00 bits per heavy atom. The van der Waals surface area contributed by atoms with Crippen LogP contribution in [-0.2, 0) is 4.79 Å². The number of nitrogens with two attached hydrogens (primary N) is 1. The number of aryl methyl sites for hydroxylation is 1. The molecule has 0 bridgehead atoms. The Hall–Kier alpha value is -1.36. The topological polar surface area (TPSA) is 55.1 Å². The van der Waals surface area contributed by atoms with Gasteiger partial charge in [0.15, 0.2) is 0 Å². The van der Waals surface area contributed by atoms with Crippen molar-refractivity contribution in [2.24, 2.45) is 0 Å². The first-order valence-electron chi connectivity index (χ1n) is 6.19. The van der Waals surface area contributed by atoms with E-state index in [1.807, 2.05) is 13.0 Å². The van der Waals surface area contributed by atoms with E-state index in [1.54, 1.807) is 30.3 Å². The van der Waals surface area contributed by atoms with Gasteiger partial charge in [-0.3, -0.25) is 4.79 Å². The summed E-state index contributed by atoms with van der Waals surface area (Å²) in [6, 6.07) is 10.5. The second kappa shape index (κ2) is 7.07. The maximum absolute atomic E-state index is 12.0. The lowest BCUT2D eigenvalue weighted by Crippen LogP contribution is -2.14. The Morgan fingerprint density at radius 3 is 2.71 bits per heavy atom. The minimum absolute atomic E-state index is 0.107. The van der Waals surface area contributed by atoms with Gasteiger partial charge in [-0.1, -0.05) is 23.2 Å². The van der Waals surface area contributed by atoms with Crippen LogP contribution in [0, 0.1) is 6.92 Å². The summed E-state index contributed by atoms with van der Waals surface area (Å²) in [6.07, 6.45) is 0. The average Bonchev–Trinajstić information content (AvgIpc) is 2.43. The Labute approximate surface area is 137 Å². The van der Waals surface area contributed by atoms with Gasteiger partial charge in [-0.15, -0.1) is 11.8 Å². The molecule has 0 saturated carbocycles. The predicted molar refractivity (Wildman–Crippen MR) is 91.4 cm³/mol. The highest BCUT2D eigenvalue weighted by atomic mass is 35.5. The van der Waals surface area contributed by atoms with Crippen LogP contribution in [0.25, 0.3) is 0 Å². The molecule has 6 heteroatoms. The van der Waals surface area contributed by atoms with Crippen molar-refractivity contribution in [1.82, 2.24) is 0 Å². The maximum Gasteiger partial charge on any atom is 0.234 e. The fraction of sp³-hybridized carbons (Fsp3) is 0.133. The molecule has 3 nitrogen and oxygen atoms in total. The summed E-state index contributed by atoms with van der Waals surface area (Å²) in [5.74, 6) is 0.146. The second-order valence-corrected chi connectivity index (χ2v) is 6.35. The number of anilines is 2. The van der Waals surface area contributed by atoms with Crippen molar-refractivity contribution in [3.63, 3.8) is 0 Å². The van der Waals surface area contributed by atoms with Gasteiger partial charge in [0.25, 0.3) is 0 Å². The molecule has 3 N–H and O–H groups in total. The molecule has 0 aliphatic heterocycles. The van der Waals surface area contributed by atoms with Crippen LogP contribution in [-0.4, -0.2) is 11.7 Å². The van der Waals surface area contributed by atoms with Crippen molar-refractivity contribution in [3.8, 4) is 0 Å². The monoisotopic (exact) mass is 340 g/mol. The molecule has 0 atom stereocenters. The van der Waals surface area contributed by atoms with Crippen LogP contribution in [0.3, 0.4) is 0 Å². The molecule has 0 unspecified atom stereocenters. The highest BCUT2D eigenvalue weighted by molar-refractivity contribution is 8.00. The molecule has 0 aliphatic carbocycles. The highest BCUT2D eigenvalue weighted by Crippen LogP contribution is 2.30. The van der Waals surface area contributed by atoms with Crippen LogP contribution in [0.15, 0.2) is 41.3 Å². The van der Waals surface area contributed by atoms with Gasteiger partial charge in [0.2, 0.25) is 5.91 Å². The molecule has 2 aromatic carbocycles. The first kappa shape index (κ1) is 16.0. The van der Waals surface area contributed by atoms with Gasteiger partial charge in [0, 0.05) is 21.3 Å². The molecule has 0 fully saturated rings. The molecule has 0 heterocycles. The number of hydrogen-bond acceptors (Lipinski definition) is 3. The SMILES string of the molecule is Cc1cc(N)ccc1NC(=O)CSc1cc(Cl)ccc1Cl. The lowest BCUT2D eigenvalue weighted by Gasteiger charge is -2.09. The Bertz CT molecular complexity index is 677. The van der Waals surface area contributed by atoms with Gasteiger partial charge >= 0.3 is 0 Å². The number of nitrogen functional groups attached to an aromatic ring is 1. The van der Waals surface area contributed by atoms with E-state index in [4.69, 9.17) is 28.9 Å². The van der Waals surface area contributed by atoms with Crippen LogP contribution in [0.4, 0.5) is 11.4 Å². The first-order chi connectivity index (χ1) is 9.95. The molecule has 0 spiro atoms. The summed E-state index contributed by atoms with van der Waals surface area (Å²) >= 11 is 13.3.